The minimum Gasteiger partial charge on any atom is -0.311 e. The normalized spacial score (nSPS) is 12.3. The second-order valence-electron chi connectivity index (χ2n) is 20.7. The van der Waals surface area contributed by atoms with Gasteiger partial charge in [-0.1, -0.05) is 169 Å². The summed E-state index contributed by atoms with van der Waals surface area (Å²) in [5.74, 6) is 0. The van der Waals surface area contributed by atoms with Crippen molar-refractivity contribution in [1.82, 2.24) is 0 Å². The van der Waals surface area contributed by atoms with E-state index in [0.29, 0.717) is 0 Å². The van der Waals surface area contributed by atoms with Crippen molar-refractivity contribution >= 4 is 68.2 Å². The third kappa shape index (κ3) is 8.16. The highest BCUT2D eigenvalue weighted by Crippen LogP contribution is 2.64. The largest absolute Gasteiger partial charge is 0.311 e. The van der Waals surface area contributed by atoms with Gasteiger partial charge in [0.25, 0.3) is 0 Å². The molecule has 2 aliphatic carbocycles. The van der Waals surface area contributed by atoms with Crippen molar-refractivity contribution in [3.63, 3.8) is 0 Å². The van der Waals surface area contributed by atoms with E-state index >= 15 is 0 Å². The van der Waals surface area contributed by atoms with Crippen LogP contribution in [0, 0.1) is 13.8 Å². The first-order chi connectivity index (χ1) is 39.0. The number of anilines is 12. The highest BCUT2D eigenvalue weighted by molar-refractivity contribution is 5.98. The average molecular weight is 1010 g/mol. The number of benzene rings is 12. The molecule has 0 bridgehead atoms. The van der Waals surface area contributed by atoms with E-state index in [2.05, 4.69) is 337 Å². The second-order valence-corrected chi connectivity index (χ2v) is 20.7. The van der Waals surface area contributed by atoms with Gasteiger partial charge in [-0.05, 0) is 204 Å². The maximum absolute atomic E-state index is 2.50. The molecule has 0 radical (unpaired) electrons. The van der Waals surface area contributed by atoms with Crippen LogP contribution in [0.4, 0.5) is 68.2 Å². The summed E-state index contributed by atoms with van der Waals surface area (Å²) in [6, 6.07) is 111. The number of hydrogen-bond donors (Lipinski definition) is 0. The van der Waals surface area contributed by atoms with Crippen molar-refractivity contribution in [3.8, 4) is 22.3 Å². The molecule has 79 heavy (non-hydrogen) atoms. The highest BCUT2D eigenvalue weighted by atomic mass is 15.2. The van der Waals surface area contributed by atoms with Crippen LogP contribution in [-0.4, -0.2) is 0 Å². The molecular weight excluding hydrogens is 957 g/mol. The molecule has 4 heteroatoms. The fraction of sp³-hybridized carbons (Fsp3) is 0.0400. The Morgan fingerprint density at radius 3 is 0.633 bits per heavy atom. The lowest BCUT2D eigenvalue weighted by atomic mass is 9.70. The molecule has 0 fully saturated rings. The summed E-state index contributed by atoms with van der Waals surface area (Å²) in [6.07, 6.45) is 0. The topological polar surface area (TPSA) is 13.0 Å². The van der Waals surface area contributed by atoms with Crippen LogP contribution in [0.1, 0.15) is 33.4 Å². The van der Waals surface area contributed by atoms with Crippen molar-refractivity contribution in [2.24, 2.45) is 0 Å². The number of rotatable bonds is 12. The third-order valence-corrected chi connectivity index (χ3v) is 15.9. The monoisotopic (exact) mass is 1010 g/mol. The van der Waals surface area contributed by atoms with Gasteiger partial charge in [0, 0.05) is 68.2 Å². The van der Waals surface area contributed by atoms with Crippen LogP contribution in [0.5, 0.6) is 0 Å². The van der Waals surface area contributed by atoms with E-state index in [4.69, 9.17) is 0 Å². The molecule has 0 aliphatic heterocycles. The molecule has 0 saturated carbocycles. The number of fused-ring (bicyclic) bond motifs is 10. The van der Waals surface area contributed by atoms with Gasteiger partial charge in [0.15, 0.2) is 0 Å². The van der Waals surface area contributed by atoms with Gasteiger partial charge < -0.3 is 19.6 Å². The second kappa shape index (κ2) is 19.8. The Balaban J connectivity index is 0.940. The van der Waals surface area contributed by atoms with Crippen molar-refractivity contribution in [1.29, 1.82) is 0 Å². The highest BCUT2D eigenvalue weighted by Gasteiger charge is 2.52. The molecule has 0 aromatic heterocycles. The predicted molar refractivity (Wildman–Crippen MR) is 331 cm³/mol. The zero-order valence-electron chi connectivity index (χ0n) is 44.2. The molecule has 4 nitrogen and oxygen atoms in total. The van der Waals surface area contributed by atoms with E-state index in [1.54, 1.807) is 0 Å². The molecule has 0 amide bonds. The Labute approximate surface area is 463 Å². The van der Waals surface area contributed by atoms with Gasteiger partial charge in [0.2, 0.25) is 0 Å². The fourth-order valence-electron chi connectivity index (χ4n) is 12.5. The van der Waals surface area contributed by atoms with Gasteiger partial charge in [-0.2, -0.15) is 0 Å². The Hall–Kier alpha value is -10.2. The minimum absolute atomic E-state index is 0.629. The molecule has 0 saturated heterocycles. The smallest absolute Gasteiger partial charge is 0.0727 e. The number of hydrogen-bond acceptors (Lipinski definition) is 4. The van der Waals surface area contributed by atoms with E-state index < -0.39 is 5.41 Å². The van der Waals surface area contributed by atoms with Crippen LogP contribution < -0.4 is 19.6 Å². The predicted octanol–water partition coefficient (Wildman–Crippen LogP) is 20.5. The van der Waals surface area contributed by atoms with E-state index in [1.807, 2.05) is 0 Å². The molecule has 1 spiro atoms. The molecule has 0 unspecified atom stereocenters. The van der Waals surface area contributed by atoms with E-state index in [-0.39, 0.29) is 0 Å². The van der Waals surface area contributed by atoms with Crippen LogP contribution in [0.25, 0.3) is 22.3 Å². The van der Waals surface area contributed by atoms with Crippen molar-refractivity contribution in [2.45, 2.75) is 19.3 Å². The molecule has 0 atom stereocenters. The molecule has 2 aliphatic rings. The van der Waals surface area contributed by atoms with Gasteiger partial charge in [-0.15, -0.1) is 0 Å². The Morgan fingerprint density at radius 1 is 0.190 bits per heavy atom. The lowest BCUT2D eigenvalue weighted by molar-refractivity contribution is 0.791. The third-order valence-electron chi connectivity index (χ3n) is 15.9. The molecule has 0 heterocycles. The first-order valence-corrected chi connectivity index (χ1v) is 27.2. The number of nitrogens with zero attached hydrogens (tertiary/aromatic N) is 4. The van der Waals surface area contributed by atoms with Gasteiger partial charge in [0.05, 0.1) is 5.41 Å². The summed E-state index contributed by atoms with van der Waals surface area (Å²) < 4.78 is 0. The Bertz CT molecular complexity index is 3780. The number of aryl methyl sites for hydroxylation is 2. The van der Waals surface area contributed by atoms with E-state index in [9.17, 15) is 0 Å². The maximum Gasteiger partial charge on any atom is 0.0727 e. The standard InChI is InChI=1S/C75H56N4/c1-53-33-45-67-68-46-34-54(2)50-72(68)75(71(67)49-53)73-51-65(78(59-29-17-7-18-30-59)63-39-35-61(36-40-63)76(55-21-9-3-10-22-55)56-23-11-4-12-24-56)43-47-69(73)70-48-44-66(52-74(70)75)79(60-31-19-8-20-32-60)64-41-37-62(38-42-64)77(57-25-13-5-14-26-57)58-27-15-6-16-28-58/h3-52H,1-2H3. The SMILES string of the molecule is Cc1ccc2c(c1)C1(c3cc(C)ccc3-2)c2cc(N(c3ccccc3)c3ccc(N(c4ccccc4)c4ccccc4)cc3)ccc2-c2ccc(N(c3ccccc3)c3ccc(N(c4ccccc4)c4ccccc4)cc3)cc21. The lowest BCUT2D eigenvalue weighted by Gasteiger charge is -2.34. The van der Waals surface area contributed by atoms with Crippen molar-refractivity contribution in [2.75, 3.05) is 19.6 Å². The van der Waals surface area contributed by atoms with E-state index in [1.165, 1.54) is 55.6 Å². The van der Waals surface area contributed by atoms with Gasteiger partial charge in [-0.25, -0.2) is 0 Å². The Morgan fingerprint density at radius 2 is 0.380 bits per heavy atom. The van der Waals surface area contributed by atoms with Crippen LogP contribution in [-0.2, 0) is 5.41 Å². The molecule has 376 valence electrons. The maximum atomic E-state index is 2.50. The molecule has 12 aromatic rings. The summed E-state index contributed by atoms with van der Waals surface area (Å²) in [5, 5.41) is 0. The summed E-state index contributed by atoms with van der Waals surface area (Å²) in [4.78, 5) is 9.48. The summed E-state index contributed by atoms with van der Waals surface area (Å²) in [7, 11) is 0. The number of para-hydroxylation sites is 6. The first kappa shape index (κ1) is 47.3. The summed E-state index contributed by atoms with van der Waals surface area (Å²) >= 11 is 0. The fourth-order valence-corrected chi connectivity index (χ4v) is 12.5. The molecular formula is C75H56N4. The van der Waals surface area contributed by atoms with Gasteiger partial charge in [0.1, 0.15) is 0 Å². The molecule has 0 N–H and O–H groups in total. The lowest BCUT2D eigenvalue weighted by Crippen LogP contribution is -2.27. The zero-order valence-corrected chi connectivity index (χ0v) is 44.2. The summed E-state index contributed by atoms with van der Waals surface area (Å²) in [5.41, 5.74) is 25.2. The van der Waals surface area contributed by atoms with Gasteiger partial charge >= 0.3 is 0 Å². The van der Waals surface area contributed by atoms with E-state index in [0.717, 1.165) is 68.2 Å². The summed E-state index contributed by atoms with van der Waals surface area (Å²) in [6.45, 7) is 4.47. The minimum atomic E-state index is -0.629. The van der Waals surface area contributed by atoms with Crippen LogP contribution >= 0.6 is 0 Å². The zero-order chi connectivity index (χ0) is 52.9. The average Bonchev–Trinajstić information content (AvgIpc) is 2.50. The van der Waals surface area contributed by atoms with Crippen molar-refractivity contribution in [3.05, 3.63) is 337 Å². The van der Waals surface area contributed by atoms with Crippen LogP contribution in [0.3, 0.4) is 0 Å². The van der Waals surface area contributed by atoms with Crippen LogP contribution in [0.15, 0.2) is 303 Å². The first-order valence-electron chi connectivity index (χ1n) is 27.2. The molecule has 14 rings (SSSR count). The van der Waals surface area contributed by atoms with Crippen LogP contribution in [0.2, 0.25) is 0 Å². The Kier molecular flexibility index (Phi) is 11.8. The molecule has 12 aromatic carbocycles. The van der Waals surface area contributed by atoms with Gasteiger partial charge in [-0.3, -0.25) is 0 Å². The van der Waals surface area contributed by atoms with Crippen molar-refractivity contribution < 1.29 is 0 Å². The quantitative estimate of drug-likeness (QED) is 0.121.